The first-order valence-electron chi connectivity index (χ1n) is 9.17. The largest absolute Gasteiger partial charge is 0.493 e. The highest BCUT2D eigenvalue weighted by molar-refractivity contribution is 5.92. The van der Waals surface area contributed by atoms with Crippen molar-refractivity contribution in [2.45, 2.75) is 26.3 Å². The van der Waals surface area contributed by atoms with Gasteiger partial charge in [-0.25, -0.2) is 9.97 Å². The summed E-state index contributed by atoms with van der Waals surface area (Å²) in [6, 6.07) is 7.20. The van der Waals surface area contributed by atoms with Gasteiger partial charge in [-0.1, -0.05) is 13.0 Å². The van der Waals surface area contributed by atoms with Gasteiger partial charge in [0, 0.05) is 25.8 Å². The SMILES string of the molecule is COc1ccc(CNC(=O)c2ccnc(N3CCC(C)CC3)n2)cc1OC. The van der Waals surface area contributed by atoms with Gasteiger partial charge >= 0.3 is 0 Å². The Morgan fingerprint density at radius 1 is 1.19 bits per heavy atom. The van der Waals surface area contributed by atoms with E-state index < -0.39 is 0 Å². The van der Waals surface area contributed by atoms with Crippen LogP contribution in [0.25, 0.3) is 0 Å². The van der Waals surface area contributed by atoms with E-state index in [4.69, 9.17) is 9.47 Å². The van der Waals surface area contributed by atoms with Crippen molar-refractivity contribution in [1.82, 2.24) is 15.3 Å². The molecule has 2 aromatic rings. The maximum atomic E-state index is 12.5. The number of aromatic nitrogens is 2. The minimum absolute atomic E-state index is 0.223. The molecule has 1 aliphatic rings. The standard InChI is InChI=1S/C20H26N4O3/c1-14-7-10-24(11-8-14)20-21-9-6-16(23-20)19(25)22-13-15-4-5-17(26-2)18(12-15)27-3/h4-6,9,12,14H,7-8,10-11,13H2,1-3H3,(H,22,25). The first kappa shape index (κ1) is 18.9. The highest BCUT2D eigenvalue weighted by Crippen LogP contribution is 2.27. The molecule has 7 nitrogen and oxygen atoms in total. The smallest absolute Gasteiger partial charge is 0.270 e. The summed E-state index contributed by atoms with van der Waals surface area (Å²) in [5, 5.41) is 2.90. The molecule has 2 heterocycles. The van der Waals surface area contributed by atoms with Gasteiger partial charge in [-0.05, 0) is 42.5 Å². The third-order valence-electron chi connectivity index (χ3n) is 4.84. The van der Waals surface area contributed by atoms with Gasteiger partial charge in [-0.2, -0.15) is 0 Å². The van der Waals surface area contributed by atoms with E-state index in [2.05, 4.69) is 27.1 Å². The van der Waals surface area contributed by atoms with E-state index in [-0.39, 0.29) is 5.91 Å². The Morgan fingerprint density at radius 3 is 2.63 bits per heavy atom. The van der Waals surface area contributed by atoms with Crippen molar-refractivity contribution in [3.8, 4) is 11.5 Å². The molecule has 27 heavy (non-hydrogen) atoms. The number of nitrogens with zero attached hydrogens (tertiary/aromatic N) is 3. The summed E-state index contributed by atoms with van der Waals surface area (Å²) >= 11 is 0. The van der Waals surface area contributed by atoms with E-state index in [1.165, 1.54) is 0 Å². The number of piperidine rings is 1. The molecule has 0 spiro atoms. The third kappa shape index (κ3) is 4.67. The molecule has 1 fully saturated rings. The fraction of sp³-hybridized carbons (Fsp3) is 0.450. The fourth-order valence-electron chi connectivity index (χ4n) is 3.10. The zero-order chi connectivity index (χ0) is 19.2. The van der Waals surface area contributed by atoms with Crippen LogP contribution in [0.1, 0.15) is 35.8 Å². The Hall–Kier alpha value is -2.83. The average molecular weight is 370 g/mol. The van der Waals surface area contributed by atoms with Crippen LogP contribution in [0, 0.1) is 5.92 Å². The molecular weight excluding hydrogens is 344 g/mol. The minimum Gasteiger partial charge on any atom is -0.493 e. The second-order valence-electron chi connectivity index (χ2n) is 6.78. The molecule has 7 heteroatoms. The molecule has 0 radical (unpaired) electrons. The molecule has 1 aromatic heterocycles. The quantitative estimate of drug-likeness (QED) is 0.842. The average Bonchev–Trinajstić information content (AvgIpc) is 2.72. The molecule has 1 amide bonds. The maximum absolute atomic E-state index is 12.5. The number of hydrogen-bond donors (Lipinski definition) is 1. The summed E-state index contributed by atoms with van der Waals surface area (Å²) in [5.41, 5.74) is 1.29. The van der Waals surface area contributed by atoms with Crippen LogP contribution in [0.2, 0.25) is 0 Å². The maximum Gasteiger partial charge on any atom is 0.270 e. The summed E-state index contributed by atoms with van der Waals surface area (Å²) < 4.78 is 10.5. The van der Waals surface area contributed by atoms with E-state index in [1.54, 1.807) is 26.5 Å². The topological polar surface area (TPSA) is 76.6 Å². The third-order valence-corrected chi connectivity index (χ3v) is 4.84. The van der Waals surface area contributed by atoms with E-state index >= 15 is 0 Å². The number of amides is 1. The summed E-state index contributed by atoms with van der Waals surface area (Å²) in [7, 11) is 3.18. The second-order valence-corrected chi connectivity index (χ2v) is 6.78. The lowest BCUT2D eigenvalue weighted by Crippen LogP contribution is -2.34. The van der Waals surface area contributed by atoms with Crippen molar-refractivity contribution >= 4 is 11.9 Å². The lowest BCUT2D eigenvalue weighted by Gasteiger charge is -2.30. The molecule has 0 atom stereocenters. The molecule has 0 aliphatic carbocycles. The number of ether oxygens (including phenoxy) is 2. The van der Waals surface area contributed by atoms with Crippen LogP contribution in [-0.4, -0.2) is 43.2 Å². The number of hydrogen-bond acceptors (Lipinski definition) is 6. The van der Waals surface area contributed by atoms with Crippen molar-refractivity contribution in [2.24, 2.45) is 5.92 Å². The molecule has 1 aromatic carbocycles. The zero-order valence-electron chi connectivity index (χ0n) is 16.1. The van der Waals surface area contributed by atoms with Gasteiger partial charge in [0.15, 0.2) is 11.5 Å². The van der Waals surface area contributed by atoms with Crippen molar-refractivity contribution in [2.75, 3.05) is 32.2 Å². The molecule has 144 valence electrons. The molecular formula is C20H26N4O3. The van der Waals surface area contributed by atoms with Gasteiger partial charge in [-0.15, -0.1) is 0 Å². The number of nitrogens with one attached hydrogen (secondary N) is 1. The molecule has 1 N–H and O–H groups in total. The number of carbonyl (C=O) groups excluding carboxylic acids is 1. The first-order valence-corrected chi connectivity index (χ1v) is 9.17. The first-order chi connectivity index (χ1) is 13.1. The van der Waals surface area contributed by atoms with Crippen molar-refractivity contribution in [1.29, 1.82) is 0 Å². The normalized spacial score (nSPS) is 14.7. The number of rotatable bonds is 6. The lowest BCUT2D eigenvalue weighted by atomic mass is 10.00. The molecule has 0 saturated carbocycles. The summed E-state index contributed by atoms with van der Waals surface area (Å²) in [6.45, 7) is 4.49. The van der Waals surface area contributed by atoms with E-state index in [1.807, 2.05) is 18.2 Å². The van der Waals surface area contributed by atoms with Gasteiger partial charge in [0.2, 0.25) is 5.95 Å². The van der Waals surface area contributed by atoms with E-state index in [9.17, 15) is 4.79 Å². The van der Waals surface area contributed by atoms with Crippen LogP contribution in [0.15, 0.2) is 30.5 Å². The molecule has 1 aliphatic heterocycles. The van der Waals surface area contributed by atoms with Gasteiger partial charge in [-0.3, -0.25) is 4.79 Å². The lowest BCUT2D eigenvalue weighted by molar-refractivity contribution is 0.0945. The summed E-state index contributed by atoms with van der Waals surface area (Å²) in [5.74, 6) is 2.42. The van der Waals surface area contributed by atoms with Crippen molar-refractivity contribution in [3.05, 3.63) is 41.7 Å². The van der Waals surface area contributed by atoms with Crippen LogP contribution >= 0.6 is 0 Å². The van der Waals surface area contributed by atoms with Crippen LogP contribution in [0.5, 0.6) is 11.5 Å². The van der Waals surface area contributed by atoms with Crippen LogP contribution in [-0.2, 0) is 6.54 Å². The monoisotopic (exact) mass is 370 g/mol. The number of methoxy groups -OCH3 is 2. The zero-order valence-corrected chi connectivity index (χ0v) is 16.1. The molecule has 3 rings (SSSR count). The molecule has 0 unspecified atom stereocenters. The predicted molar refractivity (Wildman–Crippen MR) is 103 cm³/mol. The number of anilines is 1. The summed E-state index contributed by atoms with van der Waals surface area (Å²) in [4.78, 5) is 23.4. The Morgan fingerprint density at radius 2 is 1.93 bits per heavy atom. The van der Waals surface area contributed by atoms with E-state index in [0.29, 0.717) is 29.7 Å². The minimum atomic E-state index is -0.223. The number of benzene rings is 1. The van der Waals surface area contributed by atoms with Gasteiger partial charge < -0.3 is 19.7 Å². The second kappa shape index (κ2) is 8.70. The van der Waals surface area contributed by atoms with Gasteiger partial charge in [0.05, 0.1) is 14.2 Å². The Bertz CT molecular complexity index is 789. The van der Waals surface area contributed by atoms with Crippen LogP contribution < -0.4 is 19.7 Å². The van der Waals surface area contributed by atoms with E-state index in [0.717, 1.165) is 37.4 Å². The Kier molecular flexibility index (Phi) is 6.11. The van der Waals surface area contributed by atoms with Gasteiger partial charge in [0.1, 0.15) is 5.69 Å². The Labute approximate surface area is 159 Å². The van der Waals surface area contributed by atoms with Crippen molar-refractivity contribution in [3.63, 3.8) is 0 Å². The summed E-state index contributed by atoms with van der Waals surface area (Å²) in [6.07, 6.45) is 3.89. The molecule has 1 saturated heterocycles. The van der Waals surface area contributed by atoms with Gasteiger partial charge in [0.25, 0.3) is 5.91 Å². The Balaban J connectivity index is 1.64. The predicted octanol–water partition coefficient (Wildman–Crippen LogP) is 2.66. The van der Waals surface area contributed by atoms with Crippen LogP contribution in [0.3, 0.4) is 0 Å². The molecule has 0 bridgehead atoms. The fourth-order valence-corrected chi connectivity index (χ4v) is 3.10. The highest BCUT2D eigenvalue weighted by Gasteiger charge is 2.19. The van der Waals surface area contributed by atoms with Crippen molar-refractivity contribution < 1.29 is 14.3 Å². The van der Waals surface area contributed by atoms with Crippen LogP contribution in [0.4, 0.5) is 5.95 Å². The number of carbonyl (C=O) groups is 1. The highest BCUT2D eigenvalue weighted by atomic mass is 16.5.